The molecule has 7 heteroatoms. The number of fused-ring (bicyclic) bond motifs is 10. The highest BCUT2D eigenvalue weighted by molar-refractivity contribution is 7.26. The smallest absolute Gasteiger partial charge is 0.236 e. The van der Waals surface area contributed by atoms with Crippen LogP contribution < -0.4 is 0 Å². The highest BCUT2D eigenvalue weighted by atomic mass is 32.1. The molecule has 15 rings (SSSR count). The summed E-state index contributed by atoms with van der Waals surface area (Å²) >= 11 is 3.59. The standard InChI is InChI=1S/C52H26N4OS2/c1-4-11-35-30(8-1)33-22-24-40-48-47-39(57-40)25-23-38-46(47)45-36(55(35)50(33)48)12-7-13-37(45)56(38)52-53-49(44-34-10-3-6-15-42(34)59-51(44)54-52)28-18-16-27(17-19-28)29-20-21-32-31-9-2-5-14-41(31)58-43(32)26-29/h1-26H. The van der Waals surface area contributed by atoms with Crippen LogP contribution in [0, 0.1) is 0 Å². The fourth-order valence-electron chi connectivity index (χ4n) is 10.2. The van der Waals surface area contributed by atoms with Crippen molar-refractivity contribution in [1.29, 1.82) is 0 Å². The zero-order chi connectivity index (χ0) is 38.1. The number of hydrogen-bond donors (Lipinski definition) is 0. The highest BCUT2D eigenvalue weighted by Crippen LogP contribution is 2.49. The van der Waals surface area contributed by atoms with Gasteiger partial charge in [-0.3, -0.25) is 4.57 Å². The highest BCUT2D eigenvalue weighted by Gasteiger charge is 2.27. The summed E-state index contributed by atoms with van der Waals surface area (Å²) in [5.41, 5.74) is 11.8. The Labute approximate surface area is 341 Å². The molecule has 59 heavy (non-hydrogen) atoms. The van der Waals surface area contributed by atoms with Gasteiger partial charge in [-0.15, -0.1) is 22.7 Å². The van der Waals surface area contributed by atoms with Gasteiger partial charge >= 0.3 is 0 Å². The summed E-state index contributed by atoms with van der Waals surface area (Å²) < 4.78 is 15.2. The van der Waals surface area contributed by atoms with Gasteiger partial charge in [-0.2, -0.15) is 0 Å². The second-order valence-corrected chi connectivity index (χ2v) is 17.8. The molecule has 0 spiro atoms. The predicted molar refractivity (Wildman–Crippen MR) is 249 cm³/mol. The predicted octanol–water partition coefficient (Wildman–Crippen LogP) is 15.0. The lowest BCUT2D eigenvalue weighted by molar-refractivity contribution is 0.669. The van der Waals surface area contributed by atoms with Gasteiger partial charge in [-0.05, 0) is 71.8 Å². The van der Waals surface area contributed by atoms with E-state index in [1.54, 1.807) is 11.3 Å². The summed E-state index contributed by atoms with van der Waals surface area (Å²) in [5, 5.41) is 12.0. The number of aromatic nitrogens is 4. The molecule has 0 unspecified atom stereocenters. The Balaban J connectivity index is 1.00. The van der Waals surface area contributed by atoms with Crippen molar-refractivity contribution in [3.63, 3.8) is 0 Å². The van der Waals surface area contributed by atoms with Crippen LogP contribution in [-0.4, -0.2) is 18.9 Å². The van der Waals surface area contributed by atoms with Gasteiger partial charge in [0.2, 0.25) is 5.95 Å². The third kappa shape index (κ3) is 3.85. The summed E-state index contributed by atoms with van der Waals surface area (Å²) in [4.78, 5) is 12.0. The van der Waals surface area contributed by atoms with Crippen LogP contribution in [0.4, 0.5) is 0 Å². The second-order valence-electron chi connectivity index (χ2n) is 15.7. The Morgan fingerprint density at radius 2 is 1.07 bits per heavy atom. The summed E-state index contributed by atoms with van der Waals surface area (Å²) in [7, 11) is 0. The van der Waals surface area contributed by atoms with E-state index < -0.39 is 0 Å². The topological polar surface area (TPSA) is 48.3 Å². The molecular weight excluding hydrogens is 761 g/mol. The molecule has 0 bridgehead atoms. The van der Waals surface area contributed by atoms with Crippen LogP contribution in [0.1, 0.15) is 0 Å². The molecule has 5 nitrogen and oxygen atoms in total. The van der Waals surface area contributed by atoms with Crippen molar-refractivity contribution in [2.24, 2.45) is 0 Å². The van der Waals surface area contributed by atoms with Gasteiger partial charge in [0.15, 0.2) is 0 Å². The first kappa shape index (κ1) is 30.8. The Morgan fingerprint density at radius 3 is 1.97 bits per heavy atom. The summed E-state index contributed by atoms with van der Waals surface area (Å²) in [6.07, 6.45) is 0. The van der Waals surface area contributed by atoms with Crippen LogP contribution in [0.2, 0.25) is 0 Å². The average molecular weight is 787 g/mol. The zero-order valence-electron chi connectivity index (χ0n) is 31.0. The van der Waals surface area contributed by atoms with Gasteiger partial charge in [0.1, 0.15) is 16.0 Å². The van der Waals surface area contributed by atoms with Gasteiger partial charge < -0.3 is 8.82 Å². The van der Waals surface area contributed by atoms with Gasteiger partial charge in [0.25, 0.3) is 0 Å². The minimum absolute atomic E-state index is 0.658. The maximum atomic E-state index is 6.64. The fraction of sp³-hybridized carbons (Fsp3) is 0. The molecule has 0 atom stereocenters. The van der Waals surface area contributed by atoms with Crippen LogP contribution in [0.25, 0.3) is 140 Å². The van der Waals surface area contributed by atoms with Crippen molar-refractivity contribution < 1.29 is 4.42 Å². The molecule has 272 valence electrons. The van der Waals surface area contributed by atoms with E-state index in [1.807, 2.05) is 11.3 Å². The van der Waals surface area contributed by atoms with Crippen molar-refractivity contribution in [1.82, 2.24) is 18.9 Å². The van der Waals surface area contributed by atoms with Crippen LogP contribution in [0.5, 0.6) is 0 Å². The molecule has 7 heterocycles. The maximum Gasteiger partial charge on any atom is 0.236 e. The molecule has 0 N–H and O–H groups in total. The Bertz CT molecular complexity index is 4250. The van der Waals surface area contributed by atoms with Crippen molar-refractivity contribution in [3.8, 4) is 28.3 Å². The van der Waals surface area contributed by atoms with Crippen LogP contribution in [0.3, 0.4) is 0 Å². The van der Waals surface area contributed by atoms with Crippen molar-refractivity contribution in [2.75, 3.05) is 0 Å². The van der Waals surface area contributed by atoms with E-state index in [0.29, 0.717) is 5.95 Å². The summed E-state index contributed by atoms with van der Waals surface area (Å²) in [5.74, 6) is 0.658. The number of benzene rings is 8. The molecule has 7 aromatic heterocycles. The van der Waals surface area contributed by atoms with E-state index in [4.69, 9.17) is 14.4 Å². The van der Waals surface area contributed by atoms with Gasteiger partial charge in [0.05, 0.1) is 38.7 Å². The molecule has 0 aliphatic carbocycles. The lowest BCUT2D eigenvalue weighted by Gasteiger charge is -2.11. The SMILES string of the molecule is c1ccc2c(c1)sc1cc(-c3ccc(-c4nc(-n5c6ccc7oc8ccc9c%10ccccc%10n%10c%11cccc5c%11c6c7c8c9%10)nc5sc6ccccc6c45)cc3)ccc12. The lowest BCUT2D eigenvalue weighted by Crippen LogP contribution is -2.02. The quantitative estimate of drug-likeness (QED) is 0.179. The normalized spacial score (nSPS) is 12.7. The molecule has 8 aromatic carbocycles. The van der Waals surface area contributed by atoms with Crippen LogP contribution in [-0.2, 0) is 0 Å². The number of para-hydroxylation sites is 1. The first-order valence-electron chi connectivity index (χ1n) is 19.8. The second kappa shape index (κ2) is 10.8. The van der Waals surface area contributed by atoms with E-state index in [1.165, 1.54) is 74.0 Å². The minimum atomic E-state index is 0.658. The van der Waals surface area contributed by atoms with Crippen LogP contribution >= 0.6 is 22.7 Å². The zero-order valence-corrected chi connectivity index (χ0v) is 32.7. The summed E-state index contributed by atoms with van der Waals surface area (Å²) in [6.45, 7) is 0. The van der Waals surface area contributed by atoms with Crippen molar-refractivity contribution in [3.05, 3.63) is 158 Å². The molecule has 0 aliphatic heterocycles. The average Bonchev–Trinajstić information content (AvgIpc) is 4.08. The van der Waals surface area contributed by atoms with E-state index in [2.05, 4.69) is 167 Å². The Hall–Kier alpha value is -7.32. The molecule has 0 radical (unpaired) electrons. The largest absolute Gasteiger partial charge is 0.456 e. The molecule has 0 saturated carbocycles. The number of nitrogens with zero attached hydrogens (tertiary/aromatic N) is 4. The number of furan rings is 1. The summed E-state index contributed by atoms with van der Waals surface area (Å²) in [6, 6.07) is 57.2. The van der Waals surface area contributed by atoms with E-state index in [0.717, 1.165) is 60.0 Å². The van der Waals surface area contributed by atoms with Gasteiger partial charge in [-0.25, -0.2) is 9.97 Å². The Kier molecular flexibility index (Phi) is 5.63. The van der Waals surface area contributed by atoms with Crippen molar-refractivity contribution >= 4 is 134 Å². The van der Waals surface area contributed by atoms with Gasteiger partial charge in [-0.1, -0.05) is 97.1 Å². The van der Waals surface area contributed by atoms with E-state index in [-0.39, 0.29) is 0 Å². The molecule has 0 aliphatic rings. The third-order valence-corrected chi connectivity index (χ3v) is 14.9. The van der Waals surface area contributed by atoms with E-state index >= 15 is 0 Å². The van der Waals surface area contributed by atoms with Crippen LogP contribution in [0.15, 0.2) is 162 Å². The first-order valence-corrected chi connectivity index (χ1v) is 21.5. The molecule has 0 amide bonds. The van der Waals surface area contributed by atoms with Gasteiger partial charge in [0, 0.05) is 68.1 Å². The number of rotatable bonds is 3. The molecule has 15 aromatic rings. The maximum absolute atomic E-state index is 6.64. The number of hydrogen-bond acceptors (Lipinski definition) is 5. The monoisotopic (exact) mass is 786 g/mol. The number of thiophene rings is 2. The molecule has 0 saturated heterocycles. The minimum Gasteiger partial charge on any atom is -0.456 e. The van der Waals surface area contributed by atoms with E-state index in [9.17, 15) is 0 Å². The molecule has 0 fully saturated rings. The molecular formula is C52H26N4OS2. The Morgan fingerprint density at radius 1 is 0.407 bits per heavy atom. The lowest BCUT2D eigenvalue weighted by atomic mass is 10.00. The fourth-order valence-corrected chi connectivity index (χ4v) is 12.4. The van der Waals surface area contributed by atoms with Crippen molar-refractivity contribution in [2.45, 2.75) is 0 Å². The third-order valence-electron chi connectivity index (χ3n) is 12.7. The first-order chi connectivity index (χ1) is 29.2.